The van der Waals surface area contributed by atoms with Gasteiger partial charge in [-0.2, -0.15) is 0 Å². The number of carbonyl (C=O) groups excluding carboxylic acids is 2. The normalized spacial score (nSPS) is 16.9. The summed E-state index contributed by atoms with van der Waals surface area (Å²) in [7, 11) is 0. The molecule has 7 heteroatoms. The highest BCUT2D eigenvalue weighted by molar-refractivity contribution is 5.93. The molecule has 0 radical (unpaired) electrons. The molecule has 180 valence electrons. The van der Waals surface area contributed by atoms with Crippen molar-refractivity contribution in [3.63, 3.8) is 0 Å². The van der Waals surface area contributed by atoms with Crippen molar-refractivity contribution in [3.05, 3.63) is 59.7 Å². The second kappa shape index (κ2) is 10.3. The third-order valence-corrected chi connectivity index (χ3v) is 7.03. The second-order valence-corrected chi connectivity index (χ2v) is 9.25. The summed E-state index contributed by atoms with van der Waals surface area (Å²) in [6.07, 6.45) is 3.73. The van der Waals surface area contributed by atoms with Gasteiger partial charge in [-0.15, -0.1) is 0 Å². The van der Waals surface area contributed by atoms with Gasteiger partial charge in [0.2, 0.25) is 5.91 Å². The number of ether oxygens (including phenoxy) is 1. The number of alkyl carbamates (subject to hydrolysis) is 1. The Morgan fingerprint density at radius 2 is 1.62 bits per heavy atom. The van der Waals surface area contributed by atoms with Gasteiger partial charge in [0.1, 0.15) is 18.2 Å². The van der Waals surface area contributed by atoms with Gasteiger partial charge < -0.3 is 20.5 Å². The van der Waals surface area contributed by atoms with Crippen LogP contribution in [0, 0.1) is 0 Å². The van der Waals surface area contributed by atoms with Gasteiger partial charge in [-0.1, -0.05) is 81.1 Å². The molecule has 0 heterocycles. The molecule has 0 spiro atoms. The van der Waals surface area contributed by atoms with Crippen LogP contribution in [0.15, 0.2) is 48.5 Å². The zero-order valence-electron chi connectivity index (χ0n) is 19.5. The molecule has 4 rings (SSSR count). The topological polar surface area (TPSA) is 105 Å². The highest BCUT2D eigenvalue weighted by Crippen LogP contribution is 2.44. The van der Waals surface area contributed by atoms with Crippen LogP contribution >= 0.6 is 0 Å². The fraction of sp³-hybridized carbons (Fsp3) is 0.444. The molecule has 0 aliphatic heterocycles. The van der Waals surface area contributed by atoms with E-state index in [1.165, 1.54) is 0 Å². The predicted octanol–water partition coefficient (Wildman–Crippen LogP) is 4.60. The summed E-state index contributed by atoms with van der Waals surface area (Å²) >= 11 is 0. The molecule has 2 aliphatic rings. The molecule has 2 aromatic carbocycles. The molecule has 3 N–H and O–H groups in total. The van der Waals surface area contributed by atoms with E-state index in [-0.39, 0.29) is 12.5 Å². The summed E-state index contributed by atoms with van der Waals surface area (Å²) in [6.45, 7) is 2.13. The van der Waals surface area contributed by atoms with E-state index in [1.54, 1.807) is 0 Å². The molecule has 1 atom stereocenters. The standard InChI is InChI=1S/C27H32N2O5/c1-2-3-14-23(24(30)31)28-25(32)27(15-8-9-16-27)29-26(33)34-17-22-20-12-6-4-10-18(20)19-11-5-7-13-21(19)22/h4-7,10-13,22-23H,2-3,8-9,14-17H2,1H3,(H,28,32)(H,29,33)(H,30,31)/t23-/m0/s1. The van der Waals surface area contributed by atoms with E-state index in [9.17, 15) is 19.5 Å². The number of carbonyl (C=O) groups is 3. The maximum absolute atomic E-state index is 13.1. The molecule has 1 saturated carbocycles. The summed E-state index contributed by atoms with van der Waals surface area (Å²) in [5, 5.41) is 14.9. The van der Waals surface area contributed by atoms with Crippen LogP contribution in [0.1, 0.15) is 68.9 Å². The van der Waals surface area contributed by atoms with Crippen LogP contribution < -0.4 is 10.6 Å². The minimum Gasteiger partial charge on any atom is -0.480 e. The highest BCUT2D eigenvalue weighted by Gasteiger charge is 2.44. The Kier molecular flexibility index (Phi) is 7.20. The third kappa shape index (κ3) is 4.79. The molecular formula is C27H32N2O5. The van der Waals surface area contributed by atoms with Crippen LogP contribution in [0.5, 0.6) is 0 Å². The minimum atomic E-state index is -1.14. The lowest BCUT2D eigenvalue weighted by Gasteiger charge is -2.30. The monoisotopic (exact) mass is 464 g/mol. The van der Waals surface area contributed by atoms with Crippen molar-refractivity contribution < 1.29 is 24.2 Å². The number of aliphatic carboxylic acids is 1. The molecule has 0 bridgehead atoms. The number of nitrogens with one attached hydrogen (secondary N) is 2. The molecule has 1 fully saturated rings. The first-order valence-corrected chi connectivity index (χ1v) is 12.1. The number of hydrogen-bond donors (Lipinski definition) is 3. The summed E-state index contributed by atoms with van der Waals surface area (Å²) in [5.74, 6) is -1.57. The number of unbranched alkanes of at least 4 members (excludes halogenated alkanes) is 1. The van der Waals surface area contributed by atoms with Gasteiger partial charge in [0.05, 0.1) is 0 Å². The minimum absolute atomic E-state index is 0.0723. The fourth-order valence-electron chi connectivity index (χ4n) is 5.18. The van der Waals surface area contributed by atoms with Crippen molar-refractivity contribution in [1.82, 2.24) is 10.6 Å². The van der Waals surface area contributed by atoms with E-state index in [0.29, 0.717) is 25.7 Å². The quantitative estimate of drug-likeness (QED) is 0.503. The Hall–Kier alpha value is -3.35. The first-order chi connectivity index (χ1) is 16.4. The van der Waals surface area contributed by atoms with E-state index in [0.717, 1.165) is 41.5 Å². The van der Waals surface area contributed by atoms with Gasteiger partial charge in [-0.25, -0.2) is 9.59 Å². The number of amides is 2. The molecule has 34 heavy (non-hydrogen) atoms. The number of hydrogen-bond acceptors (Lipinski definition) is 4. The van der Waals surface area contributed by atoms with Crippen molar-refractivity contribution >= 4 is 18.0 Å². The highest BCUT2D eigenvalue weighted by atomic mass is 16.5. The zero-order valence-corrected chi connectivity index (χ0v) is 19.5. The van der Waals surface area contributed by atoms with Crippen molar-refractivity contribution in [2.45, 2.75) is 69.4 Å². The Morgan fingerprint density at radius 1 is 1.03 bits per heavy atom. The van der Waals surface area contributed by atoms with Crippen LogP contribution in [0.25, 0.3) is 11.1 Å². The van der Waals surface area contributed by atoms with Crippen molar-refractivity contribution in [2.75, 3.05) is 6.61 Å². The lowest BCUT2D eigenvalue weighted by atomic mass is 9.95. The SMILES string of the molecule is CCCC[C@H](NC(=O)C1(NC(=O)OCC2c3ccccc3-c3ccccc32)CCCC1)C(=O)O. The molecule has 0 saturated heterocycles. The fourth-order valence-corrected chi connectivity index (χ4v) is 5.18. The summed E-state index contributed by atoms with van der Waals surface area (Å²) in [4.78, 5) is 37.6. The predicted molar refractivity (Wildman–Crippen MR) is 128 cm³/mol. The molecule has 2 aliphatic carbocycles. The number of carboxylic acids is 1. The Bertz CT molecular complexity index is 1010. The van der Waals surface area contributed by atoms with Gasteiger partial charge in [-0.05, 0) is 41.5 Å². The van der Waals surface area contributed by atoms with E-state index >= 15 is 0 Å². The maximum Gasteiger partial charge on any atom is 0.408 e. The molecule has 0 unspecified atom stereocenters. The smallest absolute Gasteiger partial charge is 0.408 e. The largest absolute Gasteiger partial charge is 0.480 e. The summed E-state index contributed by atoms with van der Waals surface area (Å²) in [5.41, 5.74) is 3.38. The van der Waals surface area contributed by atoms with E-state index < -0.39 is 29.6 Å². The first-order valence-electron chi connectivity index (χ1n) is 12.1. The van der Waals surface area contributed by atoms with E-state index in [2.05, 4.69) is 34.9 Å². The number of rotatable bonds is 9. The Labute approximate surface area is 199 Å². The van der Waals surface area contributed by atoms with Gasteiger partial charge in [0, 0.05) is 5.92 Å². The van der Waals surface area contributed by atoms with Gasteiger partial charge in [-0.3, -0.25) is 4.79 Å². The van der Waals surface area contributed by atoms with Gasteiger partial charge in [0.25, 0.3) is 0 Å². The van der Waals surface area contributed by atoms with Crippen LogP contribution in [-0.2, 0) is 14.3 Å². The Balaban J connectivity index is 1.43. The van der Waals surface area contributed by atoms with Crippen molar-refractivity contribution in [3.8, 4) is 11.1 Å². The van der Waals surface area contributed by atoms with Crippen LogP contribution in [-0.4, -0.2) is 41.3 Å². The lowest BCUT2D eigenvalue weighted by molar-refractivity contribution is -0.143. The maximum atomic E-state index is 13.1. The molecule has 2 amide bonds. The van der Waals surface area contributed by atoms with E-state index in [4.69, 9.17) is 4.74 Å². The number of benzene rings is 2. The second-order valence-electron chi connectivity index (χ2n) is 9.25. The average Bonchev–Trinajstić information content (AvgIpc) is 3.43. The van der Waals surface area contributed by atoms with E-state index in [1.807, 2.05) is 31.2 Å². The van der Waals surface area contributed by atoms with Crippen molar-refractivity contribution in [2.24, 2.45) is 0 Å². The Morgan fingerprint density at radius 3 is 2.18 bits per heavy atom. The van der Waals surface area contributed by atoms with Crippen LogP contribution in [0.2, 0.25) is 0 Å². The zero-order chi connectivity index (χ0) is 24.1. The molecule has 0 aromatic heterocycles. The molecule has 7 nitrogen and oxygen atoms in total. The third-order valence-electron chi connectivity index (χ3n) is 7.03. The summed E-state index contributed by atoms with van der Waals surface area (Å²) < 4.78 is 5.65. The molecular weight excluding hydrogens is 432 g/mol. The van der Waals surface area contributed by atoms with Crippen molar-refractivity contribution in [1.29, 1.82) is 0 Å². The average molecular weight is 465 g/mol. The van der Waals surface area contributed by atoms with Crippen LogP contribution in [0.4, 0.5) is 4.79 Å². The van der Waals surface area contributed by atoms with Crippen LogP contribution in [0.3, 0.4) is 0 Å². The lowest BCUT2D eigenvalue weighted by Crippen LogP contribution is -2.60. The van der Waals surface area contributed by atoms with Gasteiger partial charge >= 0.3 is 12.1 Å². The number of fused-ring (bicyclic) bond motifs is 3. The first kappa shape index (κ1) is 23.8. The number of carboxylic acid groups (broad SMARTS) is 1. The van der Waals surface area contributed by atoms with Gasteiger partial charge in [0.15, 0.2) is 0 Å². The molecule has 2 aromatic rings. The summed E-state index contributed by atoms with van der Waals surface area (Å²) in [6, 6.07) is 15.2.